The summed E-state index contributed by atoms with van der Waals surface area (Å²) in [6.45, 7) is 9.14. The fourth-order valence-electron chi connectivity index (χ4n) is 4.39. The van der Waals surface area contributed by atoms with Gasteiger partial charge in [-0.1, -0.05) is 66.6 Å². The van der Waals surface area contributed by atoms with Gasteiger partial charge in [-0.05, 0) is 49.4 Å². The summed E-state index contributed by atoms with van der Waals surface area (Å²) in [5.41, 5.74) is 9.35. The van der Waals surface area contributed by atoms with Crippen molar-refractivity contribution in [2.45, 2.75) is 47.1 Å². The first-order chi connectivity index (χ1) is 13.8. The maximum absolute atomic E-state index is 13.6. The number of aryl methyl sites for hydroxylation is 2. The molecule has 1 aromatic heterocycles. The van der Waals surface area contributed by atoms with Crippen LogP contribution in [0, 0.1) is 20.8 Å². The lowest BCUT2D eigenvalue weighted by atomic mass is 9.93. The first-order valence-electron chi connectivity index (χ1n) is 10.3. The molecule has 2 aromatic carbocycles. The van der Waals surface area contributed by atoms with Crippen LogP contribution in [0.3, 0.4) is 0 Å². The molecule has 0 atom stereocenters. The SMILES string of the molecule is CCc1c(Cc2cc(C)cc(C)c2)c(N(C)C)c(=O)n(Cc2ccccc2)c1C. The zero-order chi connectivity index (χ0) is 21.1. The summed E-state index contributed by atoms with van der Waals surface area (Å²) in [5.74, 6) is 0. The summed E-state index contributed by atoms with van der Waals surface area (Å²) in [5, 5.41) is 0. The third-order valence-electron chi connectivity index (χ3n) is 5.59. The van der Waals surface area contributed by atoms with Gasteiger partial charge in [-0.15, -0.1) is 0 Å². The summed E-state index contributed by atoms with van der Waals surface area (Å²) in [7, 11) is 3.95. The largest absolute Gasteiger partial charge is 0.373 e. The van der Waals surface area contributed by atoms with Gasteiger partial charge in [0.1, 0.15) is 5.69 Å². The standard InChI is InChI=1S/C26H32N2O/c1-7-23-20(4)28(17-21-11-9-8-10-12-21)26(29)25(27(5)6)24(23)16-22-14-18(2)13-19(3)15-22/h8-15H,7,16-17H2,1-6H3. The van der Waals surface area contributed by atoms with Crippen LogP contribution in [-0.4, -0.2) is 18.7 Å². The second-order valence-corrected chi connectivity index (χ2v) is 8.19. The van der Waals surface area contributed by atoms with E-state index in [-0.39, 0.29) is 5.56 Å². The van der Waals surface area contributed by atoms with E-state index in [0.717, 1.165) is 35.3 Å². The first-order valence-corrected chi connectivity index (χ1v) is 10.3. The fourth-order valence-corrected chi connectivity index (χ4v) is 4.39. The second kappa shape index (κ2) is 8.69. The predicted octanol–water partition coefficient (Wildman–Crippen LogP) is 5.04. The molecule has 0 saturated heterocycles. The van der Waals surface area contributed by atoms with E-state index in [1.54, 1.807) is 0 Å². The minimum Gasteiger partial charge on any atom is -0.373 e. The van der Waals surface area contributed by atoms with E-state index < -0.39 is 0 Å². The van der Waals surface area contributed by atoms with Crippen molar-refractivity contribution in [3.63, 3.8) is 0 Å². The Labute approximate surface area is 174 Å². The Balaban J connectivity index is 2.19. The van der Waals surface area contributed by atoms with Crippen LogP contribution in [0.1, 0.15) is 46.0 Å². The van der Waals surface area contributed by atoms with Crippen molar-refractivity contribution in [3.05, 3.63) is 98.0 Å². The molecule has 0 saturated carbocycles. The lowest BCUT2D eigenvalue weighted by Crippen LogP contribution is -2.32. The summed E-state index contributed by atoms with van der Waals surface area (Å²) in [4.78, 5) is 15.6. The van der Waals surface area contributed by atoms with Gasteiger partial charge >= 0.3 is 0 Å². The zero-order valence-electron chi connectivity index (χ0n) is 18.5. The molecule has 0 aliphatic rings. The van der Waals surface area contributed by atoms with Crippen molar-refractivity contribution in [2.75, 3.05) is 19.0 Å². The topological polar surface area (TPSA) is 25.2 Å². The van der Waals surface area contributed by atoms with Gasteiger partial charge in [0, 0.05) is 26.2 Å². The number of anilines is 1. The monoisotopic (exact) mass is 388 g/mol. The van der Waals surface area contributed by atoms with Gasteiger partial charge in [-0.25, -0.2) is 0 Å². The van der Waals surface area contributed by atoms with Crippen LogP contribution in [0.4, 0.5) is 5.69 Å². The molecule has 0 bridgehead atoms. The maximum atomic E-state index is 13.6. The van der Waals surface area contributed by atoms with Gasteiger partial charge in [0.25, 0.3) is 5.56 Å². The molecule has 1 heterocycles. The van der Waals surface area contributed by atoms with Crippen LogP contribution in [0.25, 0.3) is 0 Å². The zero-order valence-corrected chi connectivity index (χ0v) is 18.5. The number of hydrogen-bond donors (Lipinski definition) is 0. The molecule has 3 aromatic rings. The lowest BCUT2D eigenvalue weighted by Gasteiger charge is -2.25. The van der Waals surface area contributed by atoms with Gasteiger partial charge in [0.05, 0.1) is 6.54 Å². The Morgan fingerprint density at radius 2 is 1.48 bits per heavy atom. The van der Waals surface area contributed by atoms with Gasteiger partial charge < -0.3 is 9.47 Å². The van der Waals surface area contributed by atoms with Crippen LogP contribution >= 0.6 is 0 Å². The average molecular weight is 389 g/mol. The van der Waals surface area contributed by atoms with Crippen LogP contribution in [0.15, 0.2) is 53.3 Å². The van der Waals surface area contributed by atoms with E-state index in [1.165, 1.54) is 22.3 Å². The van der Waals surface area contributed by atoms with E-state index in [4.69, 9.17) is 0 Å². The van der Waals surface area contributed by atoms with Crippen molar-refractivity contribution in [1.82, 2.24) is 4.57 Å². The quantitative estimate of drug-likeness (QED) is 0.591. The van der Waals surface area contributed by atoms with E-state index in [0.29, 0.717) is 6.54 Å². The highest BCUT2D eigenvalue weighted by Crippen LogP contribution is 2.27. The van der Waals surface area contributed by atoms with Crippen molar-refractivity contribution in [2.24, 2.45) is 0 Å². The van der Waals surface area contributed by atoms with Crippen molar-refractivity contribution < 1.29 is 0 Å². The summed E-state index contributed by atoms with van der Waals surface area (Å²) in [6, 6.07) is 16.9. The first kappa shape index (κ1) is 20.9. The van der Waals surface area contributed by atoms with Crippen LogP contribution in [0.2, 0.25) is 0 Å². The molecular weight excluding hydrogens is 356 g/mol. The van der Waals surface area contributed by atoms with Crippen molar-refractivity contribution in [3.8, 4) is 0 Å². The molecule has 0 N–H and O–H groups in total. The molecule has 0 aliphatic carbocycles. The molecule has 29 heavy (non-hydrogen) atoms. The van der Waals surface area contributed by atoms with Gasteiger partial charge in [0.2, 0.25) is 0 Å². The molecule has 3 nitrogen and oxygen atoms in total. The van der Waals surface area contributed by atoms with Gasteiger partial charge in [-0.3, -0.25) is 4.79 Å². The van der Waals surface area contributed by atoms with Crippen LogP contribution in [0.5, 0.6) is 0 Å². The number of nitrogens with zero attached hydrogens (tertiary/aromatic N) is 2. The molecule has 152 valence electrons. The van der Waals surface area contributed by atoms with E-state index in [2.05, 4.69) is 58.0 Å². The number of hydrogen-bond acceptors (Lipinski definition) is 2. The minimum atomic E-state index is 0.0907. The Morgan fingerprint density at radius 3 is 2.03 bits per heavy atom. The Hall–Kier alpha value is -2.81. The number of rotatable bonds is 6. The Bertz CT molecular complexity index is 1040. The molecule has 3 rings (SSSR count). The number of benzene rings is 2. The van der Waals surface area contributed by atoms with Crippen molar-refractivity contribution in [1.29, 1.82) is 0 Å². The molecular formula is C26H32N2O. The minimum absolute atomic E-state index is 0.0907. The third kappa shape index (κ3) is 4.45. The Morgan fingerprint density at radius 1 is 0.862 bits per heavy atom. The molecule has 0 unspecified atom stereocenters. The highest BCUT2D eigenvalue weighted by atomic mass is 16.1. The van der Waals surface area contributed by atoms with E-state index in [1.807, 2.05) is 41.8 Å². The normalized spacial score (nSPS) is 11.0. The maximum Gasteiger partial charge on any atom is 0.274 e. The second-order valence-electron chi connectivity index (χ2n) is 8.19. The fraction of sp³-hybridized carbons (Fsp3) is 0.346. The Kier molecular flexibility index (Phi) is 6.26. The predicted molar refractivity (Wildman–Crippen MR) is 123 cm³/mol. The molecule has 0 fully saturated rings. The van der Waals surface area contributed by atoms with Crippen LogP contribution < -0.4 is 10.5 Å². The molecule has 3 heteroatoms. The summed E-state index contributed by atoms with van der Waals surface area (Å²) < 4.78 is 1.94. The highest BCUT2D eigenvalue weighted by molar-refractivity contribution is 5.58. The number of pyridine rings is 1. The lowest BCUT2D eigenvalue weighted by molar-refractivity contribution is 0.709. The van der Waals surface area contributed by atoms with E-state index >= 15 is 0 Å². The van der Waals surface area contributed by atoms with Gasteiger partial charge in [-0.2, -0.15) is 0 Å². The molecule has 0 spiro atoms. The van der Waals surface area contributed by atoms with E-state index in [9.17, 15) is 4.79 Å². The summed E-state index contributed by atoms with van der Waals surface area (Å²) >= 11 is 0. The average Bonchev–Trinajstić information content (AvgIpc) is 2.65. The smallest absolute Gasteiger partial charge is 0.274 e. The molecule has 0 amide bonds. The molecule has 0 aliphatic heterocycles. The number of aromatic nitrogens is 1. The summed E-state index contributed by atoms with van der Waals surface area (Å²) in [6.07, 6.45) is 1.68. The molecule has 0 radical (unpaired) electrons. The highest BCUT2D eigenvalue weighted by Gasteiger charge is 2.20. The third-order valence-corrected chi connectivity index (χ3v) is 5.59. The van der Waals surface area contributed by atoms with Gasteiger partial charge in [0.15, 0.2) is 0 Å². The van der Waals surface area contributed by atoms with Crippen LogP contribution in [-0.2, 0) is 19.4 Å². The van der Waals surface area contributed by atoms with Crippen molar-refractivity contribution >= 4 is 5.69 Å².